The molecule has 0 aromatic heterocycles. The first-order valence-corrected chi connectivity index (χ1v) is 13.1. The fourth-order valence-corrected chi connectivity index (χ4v) is 11.0. The maximum atomic E-state index is 13.5. The van der Waals surface area contributed by atoms with Crippen LogP contribution in [0.25, 0.3) is 0 Å². The molecule has 0 aromatic rings. The fraction of sp³-hybridized carbons (Fsp3) is 1.00. The molecular weight excluding hydrogens is 367 g/mol. The van der Waals surface area contributed by atoms with Crippen molar-refractivity contribution in [2.24, 2.45) is 0 Å². The third-order valence-corrected chi connectivity index (χ3v) is 12.6. The van der Waals surface area contributed by atoms with E-state index in [-0.39, 0.29) is 0 Å². The van der Waals surface area contributed by atoms with Crippen molar-refractivity contribution in [2.75, 3.05) is 25.2 Å². The van der Waals surface area contributed by atoms with E-state index >= 15 is 0 Å². The van der Waals surface area contributed by atoms with Crippen molar-refractivity contribution in [3.05, 3.63) is 0 Å². The molecule has 0 aliphatic rings. The molecule has 0 spiro atoms. The van der Waals surface area contributed by atoms with E-state index in [4.69, 9.17) is 3.97 Å². The normalized spacial score (nSPS) is 15.5. The van der Waals surface area contributed by atoms with E-state index in [0.717, 1.165) is 19.3 Å². The Hall–Kier alpha value is 0.0600. The molecule has 148 valence electrons. The minimum atomic E-state index is -5.69. The third kappa shape index (κ3) is 6.10. The first-order chi connectivity index (χ1) is 10.9. The summed E-state index contributed by atoms with van der Waals surface area (Å²) in [6.45, 7) is 3.80. The topological polar surface area (TPSA) is 43.4 Å². The first kappa shape index (κ1) is 24.1. The van der Waals surface area contributed by atoms with E-state index in [1.54, 1.807) is 6.66 Å². The quantitative estimate of drug-likeness (QED) is 0.296. The van der Waals surface area contributed by atoms with Crippen LogP contribution in [-0.2, 0) is 14.1 Å². The molecule has 0 amide bonds. The van der Waals surface area contributed by atoms with E-state index in [1.807, 2.05) is 20.8 Å². The standard InChI is InChI=1S/C15H31F4O3PS/c1-5-8-11-23(4,12-9-6-2,13-10-7-3)22-24(20,21)15(18,19)14(16)17/h14H,5-13H2,1-4H3. The molecule has 24 heavy (non-hydrogen) atoms. The van der Waals surface area contributed by atoms with Crippen LogP contribution in [0, 0.1) is 0 Å². The van der Waals surface area contributed by atoms with Crippen LogP contribution in [0.4, 0.5) is 17.6 Å². The Bertz CT molecular complexity index is 459. The van der Waals surface area contributed by atoms with Crippen molar-refractivity contribution < 1.29 is 29.9 Å². The summed E-state index contributed by atoms with van der Waals surface area (Å²) in [6, 6.07) is 0. The molecule has 0 fully saturated rings. The number of rotatable bonds is 13. The average molecular weight is 398 g/mol. The molecule has 0 aliphatic carbocycles. The number of alkyl halides is 4. The molecule has 0 aromatic carbocycles. The van der Waals surface area contributed by atoms with Crippen LogP contribution in [0.1, 0.15) is 59.3 Å². The van der Waals surface area contributed by atoms with E-state index in [2.05, 4.69) is 0 Å². The number of hydrogen-bond acceptors (Lipinski definition) is 3. The Morgan fingerprint density at radius 3 is 1.50 bits per heavy atom. The Labute approximate surface area is 143 Å². The molecule has 0 atom stereocenters. The minimum absolute atomic E-state index is 0.362. The molecule has 0 unspecified atom stereocenters. The van der Waals surface area contributed by atoms with Crippen LogP contribution in [0.5, 0.6) is 0 Å². The predicted octanol–water partition coefficient (Wildman–Crippen LogP) is 5.69. The number of unbranched alkanes of at least 4 members (excludes halogenated alkanes) is 3. The molecule has 0 saturated carbocycles. The maximum absolute atomic E-state index is 13.5. The predicted molar refractivity (Wildman–Crippen MR) is 93.1 cm³/mol. The Kier molecular flexibility index (Phi) is 9.15. The summed E-state index contributed by atoms with van der Waals surface area (Å²) < 4.78 is 81.3. The molecule has 9 heteroatoms. The van der Waals surface area contributed by atoms with Gasteiger partial charge in [0.1, 0.15) is 0 Å². The summed E-state index contributed by atoms with van der Waals surface area (Å²) in [7, 11) is -5.69. The van der Waals surface area contributed by atoms with Crippen molar-refractivity contribution in [1.82, 2.24) is 0 Å². The van der Waals surface area contributed by atoms with Crippen molar-refractivity contribution in [3.8, 4) is 0 Å². The summed E-state index contributed by atoms with van der Waals surface area (Å²) in [4.78, 5) is 0. The molecule has 0 saturated heterocycles. The molecule has 0 heterocycles. The summed E-state index contributed by atoms with van der Waals surface area (Å²) in [6.07, 6.45) is 0.893. The van der Waals surface area contributed by atoms with Gasteiger partial charge >= 0.3 is 143 Å². The molecule has 0 rings (SSSR count). The summed E-state index contributed by atoms with van der Waals surface area (Å²) in [5.74, 6) is 0. The first-order valence-electron chi connectivity index (χ1n) is 8.51. The van der Waals surface area contributed by atoms with Gasteiger partial charge in [-0.1, -0.05) is 0 Å². The molecule has 0 radical (unpaired) electrons. The van der Waals surface area contributed by atoms with Gasteiger partial charge < -0.3 is 0 Å². The zero-order valence-corrected chi connectivity index (χ0v) is 16.7. The SMILES string of the molecule is CCCCP(C)(CCCC)(CCCC)OS(=O)(=O)C(F)(F)C(F)F. The van der Waals surface area contributed by atoms with Crippen LogP contribution in [0.15, 0.2) is 0 Å². The van der Waals surface area contributed by atoms with Gasteiger partial charge in [-0.2, -0.15) is 0 Å². The second kappa shape index (κ2) is 9.13. The summed E-state index contributed by atoms with van der Waals surface area (Å²) in [5, 5.41) is -5.18. The van der Waals surface area contributed by atoms with Crippen LogP contribution >= 0.6 is 6.83 Å². The molecule has 0 N–H and O–H groups in total. The summed E-state index contributed by atoms with van der Waals surface area (Å²) >= 11 is 0. The molecular formula is C15H31F4O3PS. The second-order valence-electron chi connectivity index (χ2n) is 6.81. The van der Waals surface area contributed by atoms with Crippen molar-refractivity contribution >= 4 is 16.9 Å². The van der Waals surface area contributed by atoms with Crippen molar-refractivity contribution in [2.45, 2.75) is 71.0 Å². The average Bonchev–Trinajstić information content (AvgIpc) is 2.49. The summed E-state index contributed by atoms with van der Waals surface area (Å²) in [5.41, 5.74) is 0. The van der Waals surface area contributed by atoms with Gasteiger partial charge in [0.05, 0.1) is 0 Å². The molecule has 3 nitrogen and oxygen atoms in total. The number of halogens is 4. The molecule has 0 aliphatic heterocycles. The van der Waals surface area contributed by atoms with Gasteiger partial charge in [0, 0.05) is 0 Å². The van der Waals surface area contributed by atoms with Gasteiger partial charge in [0.25, 0.3) is 0 Å². The monoisotopic (exact) mass is 398 g/mol. The zero-order chi connectivity index (χ0) is 19.1. The Morgan fingerprint density at radius 1 is 0.917 bits per heavy atom. The Morgan fingerprint density at radius 2 is 1.25 bits per heavy atom. The fourth-order valence-electron chi connectivity index (χ4n) is 2.73. The van der Waals surface area contributed by atoms with Crippen molar-refractivity contribution in [1.29, 1.82) is 0 Å². The van der Waals surface area contributed by atoms with Gasteiger partial charge in [-0.25, -0.2) is 0 Å². The van der Waals surface area contributed by atoms with Crippen LogP contribution < -0.4 is 0 Å². The van der Waals surface area contributed by atoms with Crippen LogP contribution in [0.3, 0.4) is 0 Å². The van der Waals surface area contributed by atoms with Gasteiger partial charge in [-0.05, 0) is 0 Å². The van der Waals surface area contributed by atoms with Crippen LogP contribution in [-0.4, -0.2) is 45.2 Å². The second-order valence-corrected chi connectivity index (χ2v) is 14.6. The van der Waals surface area contributed by atoms with Gasteiger partial charge in [-0.3, -0.25) is 0 Å². The van der Waals surface area contributed by atoms with E-state index in [9.17, 15) is 26.0 Å². The van der Waals surface area contributed by atoms with Gasteiger partial charge in [0.2, 0.25) is 0 Å². The third-order valence-electron chi connectivity index (χ3n) is 4.35. The van der Waals surface area contributed by atoms with Gasteiger partial charge in [-0.15, -0.1) is 0 Å². The van der Waals surface area contributed by atoms with E-state index in [1.165, 1.54) is 0 Å². The van der Waals surface area contributed by atoms with Gasteiger partial charge in [0.15, 0.2) is 0 Å². The molecule has 0 bridgehead atoms. The van der Waals surface area contributed by atoms with Crippen molar-refractivity contribution in [3.63, 3.8) is 0 Å². The van der Waals surface area contributed by atoms with Crippen LogP contribution in [0.2, 0.25) is 0 Å². The van der Waals surface area contributed by atoms with E-state index in [0.29, 0.717) is 37.7 Å². The zero-order valence-electron chi connectivity index (χ0n) is 15.0. The Balaban J connectivity index is 5.90. The van der Waals surface area contributed by atoms with E-state index < -0.39 is 28.6 Å². The number of hydrogen-bond donors (Lipinski definition) is 0.